The van der Waals surface area contributed by atoms with Crippen molar-refractivity contribution in [1.29, 1.82) is 0 Å². The third-order valence-corrected chi connectivity index (χ3v) is 3.81. The molecular weight excluding hydrogens is 390 g/mol. The number of hydrogen-bond acceptors (Lipinski definition) is 7. The summed E-state index contributed by atoms with van der Waals surface area (Å²) in [6.45, 7) is 10.3. The first kappa shape index (κ1) is 25.5. The van der Waals surface area contributed by atoms with E-state index in [2.05, 4.69) is 52.6 Å². The minimum absolute atomic E-state index is 0. The number of fused-ring (bicyclic) bond motifs is 1. The molecule has 0 bridgehead atoms. The van der Waals surface area contributed by atoms with E-state index in [-0.39, 0.29) is 13.5 Å². The smallest absolute Gasteiger partial charge is 0.236 e. The lowest BCUT2D eigenvalue weighted by Gasteiger charge is -2.11. The molecule has 8 heteroatoms. The lowest BCUT2D eigenvalue weighted by atomic mass is 10.1. The van der Waals surface area contributed by atoms with Crippen molar-refractivity contribution in [1.82, 2.24) is 21.5 Å². The number of hydrazone groups is 1. The van der Waals surface area contributed by atoms with Gasteiger partial charge in [0, 0.05) is 26.5 Å². The first-order chi connectivity index (χ1) is 14.3. The number of carbonyl (C=O) groups excluding carboxylic acids is 1. The Morgan fingerprint density at radius 1 is 1.16 bits per heavy atom. The van der Waals surface area contributed by atoms with Crippen molar-refractivity contribution in [3.8, 4) is 0 Å². The Labute approximate surface area is 185 Å². The van der Waals surface area contributed by atoms with Gasteiger partial charge in [0.2, 0.25) is 5.91 Å². The lowest BCUT2D eigenvalue weighted by molar-refractivity contribution is -0.118. The number of amides is 1. The molecule has 3 rings (SSSR count). The highest BCUT2D eigenvalue weighted by Gasteiger charge is 2.06. The zero-order valence-corrected chi connectivity index (χ0v) is 18.9. The van der Waals surface area contributed by atoms with Crippen LogP contribution in [0, 0.1) is 5.92 Å². The summed E-state index contributed by atoms with van der Waals surface area (Å²) in [6.07, 6.45) is 1.78. The number of aromatic nitrogens is 2. The van der Waals surface area contributed by atoms with E-state index in [4.69, 9.17) is 5.73 Å². The van der Waals surface area contributed by atoms with Crippen LogP contribution in [-0.2, 0) is 11.3 Å². The maximum atomic E-state index is 11.0. The number of rotatable bonds is 5. The van der Waals surface area contributed by atoms with Gasteiger partial charge in [0.1, 0.15) is 5.82 Å². The number of nitrogens with two attached hydrogens (primary N) is 1. The average Bonchev–Trinajstić information content (AvgIpc) is 2.70. The molecule has 0 spiro atoms. The Bertz CT molecular complexity index is 1040. The van der Waals surface area contributed by atoms with E-state index < -0.39 is 0 Å². The van der Waals surface area contributed by atoms with Gasteiger partial charge in [0.25, 0.3) is 0 Å². The van der Waals surface area contributed by atoms with E-state index >= 15 is 0 Å². The fourth-order valence-corrected chi connectivity index (χ4v) is 2.45. The average molecular weight is 426 g/mol. The van der Waals surface area contributed by atoms with E-state index in [1.807, 2.05) is 24.3 Å². The number of pyridine rings is 2. The van der Waals surface area contributed by atoms with Crippen molar-refractivity contribution < 1.29 is 6.22 Å². The van der Waals surface area contributed by atoms with Gasteiger partial charge in [-0.25, -0.2) is 10.4 Å². The highest BCUT2D eigenvalue weighted by atomic mass is 16.2. The highest BCUT2D eigenvalue weighted by molar-refractivity contribution is 5.98. The number of hydrogen-bond donors (Lipinski definition) is 4. The predicted octanol–water partition coefficient (Wildman–Crippen LogP) is 4.75. The van der Waals surface area contributed by atoms with Crippen LogP contribution in [0.4, 0.5) is 11.5 Å². The monoisotopic (exact) mass is 425 g/mol. The minimum Gasteiger partial charge on any atom is -0.396 e. The van der Waals surface area contributed by atoms with Gasteiger partial charge in [-0.1, -0.05) is 32.9 Å². The molecular formula is C23H35N7O. The van der Waals surface area contributed by atoms with E-state index in [1.54, 1.807) is 25.3 Å². The quantitative estimate of drug-likeness (QED) is 0.343. The van der Waals surface area contributed by atoms with E-state index in [0.29, 0.717) is 29.5 Å². The van der Waals surface area contributed by atoms with Gasteiger partial charge < -0.3 is 17.2 Å². The van der Waals surface area contributed by atoms with Crippen LogP contribution in [-0.4, -0.2) is 21.6 Å². The SMILES string of the molecule is CC(=O)N/N=C(\C)c1ccc(N)c(NCc2ccc3ncccc3c2)n1.CC(C)C.N.[HH]. The predicted molar refractivity (Wildman–Crippen MR) is 131 cm³/mol. The molecule has 7 N–H and O–H groups in total. The molecule has 0 aliphatic heterocycles. The molecule has 0 unspecified atom stereocenters. The minimum atomic E-state index is -0.232. The molecule has 1 amide bonds. The largest absolute Gasteiger partial charge is 0.396 e. The van der Waals surface area contributed by atoms with Gasteiger partial charge in [-0.3, -0.25) is 9.78 Å². The molecule has 8 nitrogen and oxygen atoms in total. The molecule has 2 heterocycles. The lowest BCUT2D eigenvalue weighted by Crippen LogP contribution is -2.16. The Balaban J connectivity index is 0.00000148. The summed E-state index contributed by atoms with van der Waals surface area (Å²) in [7, 11) is 0. The van der Waals surface area contributed by atoms with Crippen LogP contribution < -0.4 is 22.6 Å². The summed E-state index contributed by atoms with van der Waals surface area (Å²) in [5.41, 5.74) is 12.3. The molecule has 168 valence electrons. The maximum absolute atomic E-state index is 11.0. The van der Waals surface area contributed by atoms with Crippen molar-refractivity contribution in [3.05, 3.63) is 59.9 Å². The first-order valence-corrected chi connectivity index (χ1v) is 9.91. The van der Waals surface area contributed by atoms with Crippen molar-refractivity contribution >= 4 is 34.0 Å². The molecule has 2 aromatic heterocycles. The third kappa shape index (κ3) is 8.39. The van der Waals surface area contributed by atoms with Crippen LogP contribution in [0.3, 0.4) is 0 Å². The van der Waals surface area contributed by atoms with Crippen LogP contribution in [0.5, 0.6) is 0 Å². The van der Waals surface area contributed by atoms with Crippen molar-refractivity contribution in [2.75, 3.05) is 11.1 Å². The molecule has 0 saturated heterocycles. The summed E-state index contributed by atoms with van der Waals surface area (Å²) in [6, 6.07) is 13.6. The number of nitrogens with zero attached hydrogens (tertiary/aromatic N) is 3. The zero-order valence-electron chi connectivity index (χ0n) is 18.9. The second kappa shape index (κ2) is 12.2. The van der Waals surface area contributed by atoms with Gasteiger partial charge in [0.05, 0.1) is 22.6 Å². The standard InChI is InChI=1S/C19H20N6O.C4H10.H3N.H2/c1-12(24-25-13(2)26)17-8-6-16(20)19(23-17)22-11-14-5-7-18-15(10-14)4-3-9-21-18;1-4(2)3;;/h3-10H,11,20H2,1-2H3,(H,22,23)(H,25,26);4H,1-3H3;1H3;1H/b24-12+;;;. The Morgan fingerprint density at radius 3 is 2.55 bits per heavy atom. The van der Waals surface area contributed by atoms with Crippen LogP contribution in [0.2, 0.25) is 0 Å². The first-order valence-electron chi connectivity index (χ1n) is 9.91. The summed E-state index contributed by atoms with van der Waals surface area (Å²) in [5, 5.41) is 8.33. The fraction of sp³-hybridized carbons (Fsp3) is 0.304. The summed E-state index contributed by atoms with van der Waals surface area (Å²) < 4.78 is 0. The van der Waals surface area contributed by atoms with E-state index in [9.17, 15) is 4.79 Å². The molecule has 31 heavy (non-hydrogen) atoms. The molecule has 3 aromatic rings. The Morgan fingerprint density at radius 2 is 1.87 bits per heavy atom. The fourth-order valence-electron chi connectivity index (χ4n) is 2.45. The van der Waals surface area contributed by atoms with Gasteiger partial charge in [-0.05, 0) is 48.7 Å². The maximum Gasteiger partial charge on any atom is 0.236 e. The van der Waals surface area contributed by atoms with E-state index in [0.717, 1.165) is 22.4 Å². The third-order valence-electron chi connectivity index (χ3n) is 3.81. The molecule has 0 atom stereocenters. The number of benzene rings is 1. The number of carbonyl (C=O) groups is 1. The van der Waals surface area contributed by atoms with Crippen molar-refractivity contribution in [2.45, 2.75) is 41.2 Å². The van der Waals surface area contributed by atoms with Gasteiger partial charge >= 0.3 is 0 Å². The van der Waals surface area contributed by atoms with Gasteiger partial charge in [-0.15, -0.1) is 0 Å². The van der Waals surface area contributed by atoms with Crippen LogP contribution >= 0.6 is 0 Å². The molecule has 0 aliphatic carbocycles. The molecule has 0 aliphatic rings. The van der Waals surface area contributed by atoms with E-state index in [1.165, 1.54) is 6.92 Å². The number of anilines is 2. The Hall–Kier alpha value is -3.52. The molecule has 0 fully saturated rings. The normalized spacial score (nSPS) is 10.7. The van der Waals surface area contributed by atoms with Crippen molar-refractivity contribution in [3.63, 3.8) is 0 Å². The van der Waals surface area contributed by atoms with Crippen molar-refractivity contribution in [2.24, 2.45) is 11.0 Å². The molecule has 0 saturated carbocycles. The second-order valence-electron chi connectivity index (χ2n) is 7.62. The zero-order chi connectivity index (χ0) is 22.1. The molecule has 1 aromatic carbocycles. The van der Waals surface area contributed by atoms with Crippen LogP contribution in [0.15, 0.2) is 53.8 Å². The van der Waals surface area contributed by atoms with Crippen LogP contribution in [0.25, 0.3) is 10.9 Å². The summed E-state index contributed by atoms with van der Waals surface area (Å²) in [4.78, 5) is 19.8. The van der Waals surface area contributed by atoms with Crippen LogP contribution in [0.1, 0.15) is 47.3 Å². The Kier molecular flexibility index (Phi) is 10.1. The summed E-state index contributed by atoms with van der Waals surface area (Å²) >= 11 is 0. The molecule has 0 radical (unpaired) electrons. The second-order valence-corrected chi connectivity index (χ2v) is 7.62. The number of nitrogens with one attached hydrogen (secondary N) is 2. The summed E-state index contributed by atoms with van der Waals surface area (Å²) in [5.74, 6) is 1.18. The number of nitrogen functional groups attached to an aromatic ring is 1. The topological polar surface area (TPSA) is 140 Å². The van der Waals surface area contributed by atoms with Gasteiger partial charge in [0.15, 0.2) is 0 Å². The highest BCUT2D eigenvalue weighted by Crippen LogP contribution is 2.19. The van der Waals surface area contributed by atoms with Gasteiger partial charge in [-0.2, -0.15) is 5.10 Å².